The molecule has 2 aliphatic rings. The molecule has 2 amide bonds. The van der Waals surface area contributed by atoms with Crippen molar-refractivity contribution in [1.82, 2.24) is 25.2 Å². The van der Waals surface area contributed by atoms with Crippen LogP contribution in [0.25, 0.3) is 0 Å². The molecule has 8 heteroatoms. The minimum Gasteiger partial charge on any atom is -0.391 e. The van der Waals surface area contributed by atoms with Crippen molar-refractivity contribution < 1.29 is 14.7 Å². The zero-order chi connectivity index (χ0) is 20.7. The number of nitrogens with zero attached hydrogens (tertiary/aromatic N) is 2. The minimum atomic E-state index is -0.653. The molecule has 8 nitrogen and oxygen atoms in total. The number of rotatable bonds is 5. The number of aliphatic hydroxyl groups is 1. The molecule has 0 radical (unpaired) electrons. The molecule has 30 heavy (non-hydrogen) atoms. The molecule has 1 saturated carbocycles. The molecule has 1 aromatic carbocycles. The molecule has 3 aromatic rings. The summed E-state index contributed by atoms with van der Waals surface area (Å²) in [6.07, 6.45) is 5.68. The van der Waals surface area contributed by atoms with Crippen LogP contribution in [0, 0.1) is 11.3 Å². The number of hydrogen-bond acceptors (Lipinski definition) is 4. The summed E-state index contributed by atoms with van der Waals surface area (Å²) in [4.78, 5) is 36.5. The number of nitrogens with one attached hydrogen (secondary N) is 3. The SMILES string of the molecule is O=C(NC[C@@H]1[C@@H](c2ccccc2)[C@]12CN(C(=O)c1cc[nH]c1)C[C@H]2O)c1cnc[nH]1. The normalized spacial score (nSPS) is 27.4. The van der Waals surface area contributed by atoms with Gasteiger partial charge < -0.3 is 25.3 Å². The number of carbonyl (C=O) groups is 2. The Morgan fingerprint density at radius 3 is 2.80 bits per heavy atom. The lowest BCUT2D eigenvalue weighted by Gasteiger charge is -2.16. The lowest BCUT2D eigenvalue weighted by atomic mass is 9.95. The molecule has 1 spiro atoms. The van der Waals surface area contributed by atoms with Crippen molar-refractivity contribution in [3.05, 3.63) is 78.1 Å². The highest BCUT2D eigenvalue weighted by molar-refractivity contribution is 5.94. The van der Waals surface area contributed by atoms with Gasteiger partial charge in [0.1, 0.15) is 5.69 Å². The number of benzene rings is 1. The van der Waals surface area contributed by atoms with Gasteiger partial charge in [0, 0.05) is 37.4 Å². The van der Waals surface area contributed by atoms with Gasteiger partial charge in [-0.25, -0.2) is 4.98 Å². The Kier molecular flexibility index (Phi) is 4.43. The smallest absolute Gasteiger partial charge is 0.269 e. The summed E-state index contributed by atoms with van der Waals surface area (Å²) in [7, 11) is 0. The number of aliphatic hydroxyl groups excluding tert-OH is 1. The van der Waals surface area contributed by atoms with Crippen molar-refractivity contribution in [3.8, 4) is 0 Å². The first kappa shape index (κ1) is 18.6. The summed E-state index contributed by atoms with van der Waals surface area (Å²) in [6, 6.07) is 11.8. The Bertz CT molecular complexity index is 1030. The summed E-state index contributed by atoms with van der Waals surface area (Å²) >= 11 is 0. The molecule has 1 aliphatic carbocycles. The zero-order valence-electron chi connectivity index (χ0n) is 16.3. The van der Waals surface area contributed by atoms with Crippen LogP contribution in [-0.2, 0) is 0 Å². The largest absolute Gasteiger partial charge is 0.391 e. The molecule has 2 aromatic heterocycles. The van der Waals surface area contributed by atoms with Gasteiger partial charge in [-0.15, -0.1) is 0 Å². The van der Waals surface area contributed by atoms with E-state index in [0.29, 0.717) is 30.9 Å². The fourth-order valence-electron chi connectivity index (χ4n) is 5.07. The molecule has 4 atom stereocenters. The lowest BCUT2D eigenvalue weighted by Crippen LogP contribution is -2.31. The maximum Gasteiger partial charge on any atom is 0.269 e. The summed E-state index contributed by atoms with van der Waals surface area (Å²) in [5, 5.41) is 14.0. The van der Waals surface area contributed by atoms with Crippen molar-refractivity contribution in [3.63, 3.8) is 0 Å². The Morgan fingerprint density at radius 2 is 2.10 bits per heavy atom. The molecule has 2 fully saturated rings. The average molecular weight is 405 g/mol. The third kappa shape index (κ3) is 2.91. The number of β-amino-alcohol motifs (C(OH)–C–C–N with tert-alkyl or cyclic N) is 1. The van der Waals surface area contributed by atoms with Crippen LogP contribution >= 0.6 is 0 Å². The van der Waals surface area contributed by atoms with Crippen LogP contribution in [0.5, 0.6) is 0 Å². The fourth-order valence-corrected chi connectivity index (χ4v) is 5.07. The summed E-state index contributed by atoms with van der Waals surface area (Å²) in [5.41, 5.74) is 1.64. The second-order valence-corrected chi connectivity index (χ2v) is 8.08. The number of H-pyrrole nitrogens is 2. The van der Waals surface area contributed by atoms with Gasteiger partial charge in [0.25, 0.3) is 11.8 Å². The molecule has 4 N–H and O–H groups in total. The van der Waals surface area contributed by atoms with Gasteiger partial charge in [-0.1, -0.05) is 30.3 Å². The van der Waals surface area contributed by atoms with Crippen molar-refractivity contribution in [1.29, 1.82) is 0 Å². The first-order valence-electron chi connectivity index (χ1n) is 10.0. The van der Waals surface area contributed by atoms with Crippen molar-refractivity contribution in [2.45, 2.75) is 12.0 Å². The minimum absolute atomic E-state index is 0.0331. The van der Waals surface area contributed by atoms with E-state index in [-0.39, 0.29) is 23.7 Å². The molecule has 0 unspecified atom stereocenters. The quantitative estimate of drug-likeness (QED) is 0.513. The number of aromatic amines is 2. The third-order valence-electron chi connectivity index (χ3n) is 6.56. The van der Waals surface area contributed by atoms with Crippen LogP contribution < -0.4 is 5.32 Å². The second-order valence-electron chi connectivity index (χ2n) is 8.08. The number of imidazole rings is 1. The number of likely N-dealkylation sites (tertiary alicyclic amines) is 1. The first-order chi connectivity index (χ1) is 14.6. The molecule has 154 valence electrons. The third-order valence-corrected chi connectivity index (χ3v) is 6.56. The molecular weight excluding hydrogens is 382 g/mol. The van der Waals surface area contributed by atoms with E-state index >= 15 is 0 Å². The molecule has 1 aliphatic heterocycles. The van der Waals surface area contributed by atoms with E-state index in [0.717, 1.165) is 5.56 Å². The fraction of sp³-hybridized carbons (Fsp3) is 0.318. The van der Waals surface area contributed by atoms with E-state index in [4.69, 9.17) is 0 Å². The first-order valence-corrected chi connectivity index (χ1v) is 10.0. The van der Waals surface area contributed by atoms with Gasteiger partial charge in [-0.2, -0.15) is 0 Å². The standard InChI is InChI=1S/C22H23N5O3/c28-18-11-27(21(30)15-6-7-23-8-15)12-22(18)16(19(22)14-4-2-1-3-5-14)9-25-20(29)17-10-24-13-26-17/h1-8,10,13,16,18-19,23,28H,9,11-12H2,(H,24,26)(H,25,29)/t16-,18-,19-,22-/m1/s1. The zero-order valence-corrected chi connectivity index (χ0v) is 16.3. The predicted octanol–water partition coefficient (Wildman–Crippen LogP) is 1.38. The highest BCUT2D eigenvalue weighted by Crippen LogP contribution is 2.68. The summed E-state index contributed by atoms with van der Waals surface area (Å²) in [6.45, 7) is 1.17. The van der Waals surface area contributed by atoms with Gasteiger partial charge >= 0.3 is 0 Å². The predicted molar refractivity (Wildman–Crippen MR) is 109 cm³/mol. The van der Waals surface area contributed by atoms with Crippen LogP contribution in [0.1, 0.15) is 32.3 Å². The van der Waals surface area contributed by atoms with E-state index in [9.17, 15) is 14.7 Å². The second kappa shape index (κ2) is 7.14. The van der Waals surface area contributed by atoms with Crippen LogP contribution in [0.2, 0.25) is 0 Å². The topological polar surface area (TPSA) is 114 Å². The van der Waals surface area contributed by atoms with E-state index in [1.165, 1.54) is 12.5 Å². The van der Waals surface area contributed by atoms with Crippen LogP contribution in [-0.4, -0.2) is 62.5 Å². The van der Waals surface area contributed by atoms with Crippen molar-refractivity contribution >= 4 is 11.8 Å². The highest BCUT2D eigenvalue weighted by Gasteiger charge is 2.71. The van der Waals surface area contributed by atoms with E-state index in [1.54, 1.807) is 23.4 Å². The van der Waals surface area contributed by atoms with Gasteiger partial charge in [0.05, 0.1) is 24.2 Å². The maximum absolute atomic E-state index is 12.9. The van der Waals surface area contributed by atoms with Crippen LogP contribution in [0.3, 0.4) is 0 Å². The van der Waals surface area contributed by atoms with Gasteiger partial charge in [-0.05, 0) is 23.5 Å². The van der Waals surface area contributed by atoms with Crippen LogP contribution in [0.15, 0.2) is 61.3 Å². The maximum atomic E-state index is 12.9. The van der Waals surface area contributed by atoms with Crippen molar-refractivity contribution in [2.75, 3.05) is 19.6 Å². The lowest BCUT2D eigenvalue weighted by molar-refractivity contribution is 0.0764. The van der Waals surface area contributed by atoms with Crippen LogP contribution in [0.4, 0.5) is 0 Å². The Labute approximate surface area is 173 Å². The highest BCUT2D eigenvalue weighted by atomic mass is 16.3. The average Bonchev–Trinajstić information content (AvgIpc) is 3.30. The Morgan fingerprint density at radius 1 is 1.27 bits per heavy atom. The number of hydrogen-bond donors (Lipinski definition) is 4. The summed E-state index contributed by atoms with van der Waals surface area (Å²) < 4.78 is 0. The summed E-state index contributed by atoms with van der Waals surface area (Å²) in [5.74, 6) is -0.217. The monoisotopic (exact) mass is 405 g/mol. The van der Waals surface area contributed by atoms with Gasteiger partial charge in [0.15, 0.2) is 0 Å². The molecular formula is C22H23N5O3. The number of aromatic nitrogens is 3. The number of amides is 2. The van der Waals surface area contributed by atoms with Gasteiger partial charge in [-0.3, -0.25) is 9.59 Å². The van der Waals surface area contributed by atoms with Gasteiger partial charge in [0.2, 0.25) is 0 Å². The van der Waals surface area contributed by atoms with E-state index in [1.807, 2.05) is 30.3 Å². The Hall–Kier alpha value is -3.39. The number of carbonyl (C=O) groups excluding carboxylic acids is 2. The molecule has 0 bridgehead atoms. The Balaban J connectivity index is 1.38. The van der Waals surface area contributed by atoms with E-state index in [2.05, 4.69) is 20.3 Å². The van der Waals surface area contributed by atoms with Crippen molar-refractivity contribution in [2.24, 2.45) is 11.3 Å². The molecule has 3 heterocycles. The molecule has 1 saturated heterocycles. The molecule has 5 rings (SSSR count). The van der Waals surface area contributed by atoms with E-state index < -0.39 is 11.5 Å².